The van der Waals surface area contributed by atoms with Gasteiger partial charge in [0.15, 0.2) is 0 Å². The normalized spacial score (nSPS) is 11.3. The van der Waals surface area contributed by atoms with Crippen LogP contribution in [0.2, 0.25) is 0 Å². The lowest BCUT2D eigenvalue weighted by Crippen LogP contribution is -2.10. The Morgan fingerprint density at radius 3 is 2.94 bits per heavy atom. The van der Waals surface area contributed by atoms with E-state index in [0.29, 0.717) is 13.2 Å². The van der Waals surface area contributed by atoms with Crippen molar-refractivity contribution in [2.45, 2.75) is 6.54 Å². The molecule has 0 saturated carbocycles. The highest BCUT2D eigenvalue weighted by Crippen LogP contribution is 2.26. The molecule has 0 aliphatic carbocycles. The van der Waals surface area contributed by atoms with Gasteiger partial charge in [0.1, 0.15) is 17.4 Å². The second kappa shape index (κ2) is 5.44. The SMILES string of the molecule is CN(C)Cc1nc2ccc(OCCN)cc2s1. The van der Waals surface area contributed by atoms with Crippen molar-refractivity contribution < 1.29 is 4.74 Å². The van der Waals surface area contributed by atoms with Crippen LogP contribution in [0.4, 0.5) is 0 Å². The number of aromatic nitrogens is 1. The molecule has 92 valence electrons. The average molecular weight is 251 g/mol. The van der Waals surface area contributed by atoms with E-state index in [1.54, 1.807) is 11.3 Å². The summed E-state index contributed by atoms with van der Waals surface area (Å²) in [6.07, 6.45) is 0. The van der Waals surface area contributed by atoms with E-state index < -0.39 is 0 Å². The summed E-state index contributed by atoms with van der Waals surface area (Å²) in [5, 5.41) is 1.13. The number of nitrogens with zero attached hydrogens (tertiary/aromatic N) is 2. The minimum atomic E-state index is 0.534. The Labute approximate surface area is 105 Å². The van der Waals surface area contributed by atoms with Gasteiger partial charge in [-0.05, 0) is 32.3 Å². The van der Waals surface area contributed by atoms with E-state index >= 15 is 0 Å². The first-order valence-electron chi connectivity index (χ1n) is 5.56. The number of benzene rings is 1. The third-order valence-corrected chi connectivity index (χ3v) is 3.25. The molecule has 0 saturated heterocycles. The lowest BCUT2D eigenvalue weighted by atomic mass is 10.3. The summed E-state index contributed by atoms with van der Waals surface area (Å²) in [7, 11) is 4.09. The molecule has 0 aliphatic heterocycles. The Bertz CT molecular complexity index is 495. The highest BCUT2D eigenvalue weighted by molar-refractivity contribution is 7.18. The third-order valence-electron chi connectivity index (χ3n) is 2.24. The summed E-state index contributed by atoms with van der Waals surface area (Å²) in [5.41, 5.74) is 6.44. The summed E-state index contributed by atoms with van der Waals surface area (Å²) in [4.78, 5) is 6.69. The van der Waals surface area contributed by atoms with Crippen LogP contribution in [0.5, 0.6) is 5.75 Å². The van der Waals surface area contributed by atoms with E-state index in [9.17, 15) is 0 Å². The van der Waals surface area contributed by atoms with Gasteiger partial charge >= 0.3 is 0 Å². The Kier molecular flexibility index (Phi) is 3.93. The molecule has 0 fully saturated rings. The standard InChI is InChI=1S/C12H17N3OS/c1-15(2)8-12-14-10-4-3-9(16-6-5-13)7-11(10)17-12/h3-4,7H,5-6,8,13H2,1-2H3. The predicted octanol–water partition coefficient (Wildman–Crippen LogP) is 1.70. The highest BCUT2D eigenvalue weighted by Gasteiger charge is 2.05. The van der Waals surface area contributed by atoms with Crippen LogP contribution < -0.4 is 10.5 Å². The second-order valence-electron chi connectivity index (χ2n) is 4.11. The van der Waals surface area contributed by atoms with Crippen molar-refractivity contribution in [2.24, 2.45) is 5.73 Å². The van der Waals surface area contributed by atoms with Gasteiger partial charge in [-0.15, -0.1) is 11.3 Å². The number of ether oxygens (including phenoxy) is 1. The molecule has 0 amide bonds. The number of nitrogens with two attached hydrogens (primary N) is 1. The Morgan fingerprint density at radius 1 is 1.41 bits per heavy atom. The van der Waals surface area contributed by atoms with Crippen LogP contribution in [-0.4, -0.2) is 37.1 Å². The molecule has 2 rings (SSSR count). The lowest BCUT2D eigenvalue weighted by Gasteiger charge is -2.04. The van der Waals surface area contributed by atoms with Crippen LogP contribution in [0, 0.1) is 0 Å². The largest absolute Gasteiger partial charge is 0.492 e. The molecular weight excluding hydrogens is 234 g/mol. The molecule has 1 heterocycles. The minimum absolute atomic E-state index is 0.534. The Hall–Kier alpha value is -1.17. The number of hydrogen-bond acceptors (Lipinski definition) is 5. The predicted molar refractivity (Wildman–Crippen MR) is 71.6 cm³/mol. The second-order valence-corrected chi connectivity index (χ2v) is 5.23. The molecule has 0 spiro atoms. The molecular formula is C12H17N3OS. The summed E-state index contributed by atoms with van der Waals surface area (Å²) in [6.45, 7) is 1.96. The maximum Gasteiger partial charge on any atom is 0.120 e. The molecule has 2 N–H and O–H groups in total. The fraction of sp³-hybridized carbons (Fsp3) is 0.417. The molecule has 4 nitrogen and oxygen atoms in total. The van der Waals surface area contributed by atoms with Gasteiger partial charge in [-0.1, -0.05) is 0 Å². The van der Waals surface area contributed by atoms with E-state index in [-0.39, 0.29) is 0 Å². The monoisotopic (exact) mass is 251 g/mol. The van der Waals surface area contributed by atoms with Gasteiger partial charge in [-0.25, -0.2) is 4.98 Å². The summed E-state index contributed by atoms with van der Waals surface area (Å²) >= 11 is 1.71. The fourth-order valence-electron chi connectivity index (χ4n) is 1.56. The molecule has 0 bridgehead atoms. The van der Waals surface area contributed by atoms with Gasteiger partial charge in [0.2, 0.25) is 0 Å². The van der Waals surface area contributed by atoms with Gasteiger partial charge in [0.25, 0.3) is 0 Å². The number of rotatable bonds is 5. The van der Waals surface area contributed by atoms with E-state index in [1.807, 2.05) is 32.3 Å². The molecule has 0 unspecified atom stereocenters. The third kappa shape index (κ3) is 3.15. The Morgan fingerprint density at radius 2 is 2.24 bits per heavy atom. The molecule has 0 aliphatic rings. The molecule has 2 aromatic rings. The quantitative estimate of drug-likeness (QED) is 0.878. The van der Waals surface area contributed by atoms with Crippen LogP contribution in [0.25, 0.3) is 10.2 Å². The van der Waals surface area contributed by atoms with Crippen molar-refractivity contribution in [3.8, 4) is 5.75 Å². The maximum absolute atomic E-state index is 5.50. The van der Waals surface area contributed by atoms with E-state index in [1.165, 1.54) is 0 Å². The van der Waals surface area contributed by atoms with E-state index in [4.69, 9.17) is 10.5 Å². The van der Waals surface area contributed by atoms with Crippen LogP contribution in [-0.2, 0) is 6.54 Å². The number of fused-ring (bicyclic) bond motifs is 1. The van der Waals surface area contributed by atoms with Crippen molar-refractivity contribution in [1.82, 2.24) is 9.88 Å². The first-order valence-corrected chi connectivity index (χ1v) is 6.38. The zero-order chi connectivity index (χ0) is 12.3. The van der Waals surface area contributed by atoms with Crippen LogP contribution >= 0.6 is 11.3 Å². The maximum atomic E-state index is 5.50. The number of hydrogen-bond donors (Lipinski definition) is 1. The van der Waals surface area contributed by atoms with Crippen LogP contribution in [0.1, 0.15) is 5.01 Å². The van der Waals surface area contributed by atoms with Crippen molar-refractivity contribution in [3.05, 3.63) is 23.2 Å². The van der Waals surface area contributed by atoms with E-state index in [0.717, 1.165) is 27.5 Å². The van der Waals surface area contributed by atoms with Gasteiger partial charge in [0.05, 0.1) is 10.2 Å². The fourth-order valence-corrected chi connectivity index (χ4v) is 2.67. The molecule has 0 radical (unpaired) electrons. The molecule has 1 aromatic heterocycles. The van der Waals surface area contributed by atoms with Crippen LogP contribution in [0.15, 0.2) is 18.2 Å². The van der Waals surface area contributed by atoms with Gasteiger partial charge in [-0.3, -0.25) is 0 Å². The van der Waals surface area contributed by atoms with Crippen LogP contribution in [0.3, 0.4) is 0 Å². The summed E-state index contributed by atoms with van der Waals surface area (Å²) in [6, 6.07) is 5.97. The van der Waals surface area contributed by atoms with Crippen molar-refractivity contribution in [2.75, 3.05) is 27.2 Å². The van der Waals surface area contributed by atoms with Crippen molar-refractivity contribution in [3.63, 3.8) is 0 Å². The first-order chi connectivity index (χ1) is 8.19. The smallest absolute Gasteiger partial charge is 0.120 e. The number of thiazole rings is 1. The zero-order valence-electron chi connectivity index (χ0n) is 10.1. The first kappa shape index (κ1) is 12.3. The molecule has 17 heavy (non-hydrogen) atoms. The average Bonchev–Trinajstić information content (AvgIpc) is 2.66. The van der Waals surface area contributed by atoms with Gasteiger partial charge < -0.3 is 15.4 Å². The summed E-state index contributed by atoms with van der Waals surface area (Å²) in [5.74, 6) is 0.864. The Balaban J connectivity index is 2.21. The molecule has 0 atom stereocenters. The van der Waals surface area contributed by atoms with Crippen molar-refractivity contribution in [1.29, 1.82) is 0 Å². The lowest BCUT2D eigenvalue weighted by molar-refractivity contribution is 0.329. The molecule has 5 heteroatoms. The zero-order valence-corrected chi connectivity index (χ0v) is 11.0. The topological polar surface area (TPSA) is 51.4 Å². The molecule has 1 aromatic carbocycles. The van der Waals surface area contributed by atoms with Gasteiger partial charge in [0, 0.05) is 13.1 Å². The highest BCUT2D eigenvalue weighted by atomic mass is 32.1. The summed E-state index contributed by atoms with van der Waals surface area (Å²) < 4.78 is 6.66. The minimum Gasteiger partial charge on any atom is -0.492 e. The van der Waals surface area contributed by atoms with Gasteiger partial charge in [-0.2, -0.15) is 0 Å². The van der Waals surface area contributed by atoms with E-state index in [2.05, 4.69) is 9.88 Å². The van der Waals surface area contributed by atoms with Crippen molar-refractivity contribution >= 4 is 21.6 Å².